The fraction of sp³-hybridized carbons (Fsp3) is 0.316. The lowest BCUT2D eigenvalue weighted by molar-refractivity contribution is 0.000176. The number of methoxy groups -OCH3 is 2. The number of rotatable bonds is 5. The molecule has 1 amide bonds. The molecule has 1 aliphatic carbocycles. The van der Waals surface area contributed by atoms with E-state index in [1.807, 2.05) is 24.3 Å². The van der Waals surface area contributed by atoms with Gasteiger partial charge in [-0.05, 0) is 29.3 Å². The van der Waals surface area contributed by atoms with E-state index in [2.05, 4.69) is 17.4 Å². The van der Waals surface area contributed by atoms with Gasteiger partial charge in [0.2, 0.25) is 0 Å². The summed E-state index contributed by atoms with van der Waals surface area (Å²) in [6.45, 7) is 0.480. The molecule has 0 heterocycles. The third-order valence-corrected chi connectivity index (χ3v) is 4.48. The van der Waals surface area contributed by atoms with Crippen LogP contribution in [0.2, 0.25) is 0 Å². The SMILES string of the molecule is COc1cccc(C(=O)NCC2(OC)Cc3ccccc3C2)c1. The molecule has 120 valence electrons. The molecule has 0 unspecified atom stereocenters. The van der Waals surface area contributed by atoms with Crippen LogP contribution in [0.1, 0.15) is 21.5 Å². The van der Waals surface area contributed by atoms with E-state index in [1.54, 1.807) is 26.4 Å². The first kappa shape index (κ1) is 15.6. The molecule has 0 saturated carbocycles. The van der Waals surface area contributed by atoms with Gasteiger partial charge in [0.1, 0.15) is 5.75 Å². The van der Waals surface area contributed by atoms with E-state index in [1.165, 1.54) is 11.1 Å². The molecule has 4 nitrogen and oxygen atoms in total. The zero-order valence-corrected chi connectivity index (χ0v) is 13.5. The molecule has 0 spiro atoms. The minimum absolute atomic E-state index is 0.115. The highest BCUT2D eigenvalue weighted by molar-refractivity contribution is 5.94. The number of hydrogen-bond donors (Lipinski definition) is 1. The van der Waals surface area contributed by atoms with Crippen LogP contribution in [0.25, 0.3) is 0 Å². The van der Waals surface area contributed by atoms with Crippen LogP contribution in [0.3, 0.4) is 0 Å². The summed E-state index contributed by atoms with van der Waals surface area (Å²) in [4.78, 5) is 12.4. The lowest BCUT2D eigenvalue weighted by Crippen LogP contribution is -2.45. The summed E-state index contributed by atoms with van der Waals surface area (Å²) in [5.74, 6) is 0.559. The second-order valence-electron chi connectivity index (χ2n) is 5.92. The summed E-state index contributed by atoms with van der Waals surface area (Å²) in [5, 5.41) is 3.00. The van der Waals surface area contributed by atoms with Crippen LogP contribution in [-0.4, -0.2) is 32.3 Å². The van der Waals surface area contributed by atoms with Gasteiger partial charge in [-0.2, -0.15) is 0 Å². The second-order valence-corrected chi connectivity index (χ2v) is 5.92. The van der Waals surface area contributed by atoms with Crippen LogP contribution in [0, 0.1) is 0 Å². The van der Waals surface area contributed by atoms with Crippen molar-refractivity contribution in [3.63, 3.8) is 0 Å². The molecule has 23 heavy (non-hydrogen) atoms. The van der Waals surface area contributed by atoms with Crippen molar-refractivity contribution in [3.8, 4) is 5.75 Å². The minimum Gasteiger partial charge on any atom is -0.497 e. The quantitative estimate of drug-likeness (QED) is 0.923. The number of nitrogens with one attached hydrogen (secondary N) is 1. The number of fused-ring (bicyclic) bond motifs is 1. The third-order valence-electron chi connectivity index (χ3n) is 4.48. The first-order chi connectivity index (χ1) is 11.2. The molecule has 1 N–H and O–H groups in total. The van der Waals surface area contributed by atoms with Gasteiger partial charge < -0.3 is 14.8 Å². The normalized spacial score (nSPS) is 15.0. The summed E-state index contributed by atoms with van der Waals surface area (Å²) in [5.41, 5.74) is 2.82. The van der Waals surface area contributed by atoms with E-state index in [9.17, 15) is 4.79 Å². The fourth-order valence-corrected chi connectivity index (χ4v) is 3.11. The van der Waals surface area contributed by atoms with Gasteiger partial charge in [-0.1, -0.05) is 30.3 Å². The van der Waals surface area contributed by atoms with E-state index >= 15 is 0 Å². The number of hydrogen-bond acceptors (Lipinski definition) is 3. The molecule has 0 aromatic heterocycles. The van der Waals surface area contributed by atoms with Gasteiger partial charge in [-0.25, -0.2) is 0 Å². The van der Waals surface area contributed by atoms with E-state index in [4.69, 9.17) is 9.47 Å². The van der Waals surface area contributed by atoms with Gasteiger partial charge in [0.25, 0.3) is 5.91 Å². The van der Waals surface area contributed by atoms with Crippen LogP contribution in [0.5, 0.6) is 5.75 Å². The molecule has 0 bridgehead atoms. The molecule has 1 aliphatic rings. The van der Waals surface area contributed by atoms with Gasteiger partial charge in [-0.3, -0.25) is 4.79 Å². The Balaban J connectivity index is 1.68. The fourth-order valence-electron chi connectivity index (χ4n) is 3.11. The molecule has 3 rings (SSSR count). The van der Waals surface area contributed by atoms with Crippen molar-refractivity contribution < 1.29 is 14.3 Å². The van der Waals surface area contributed by atoms with Crippen molar-refractivity contribution in [1.29, 1.82) is 0 Å². The Morgan fingerprint density at radius 1 is 1.09 bits per heavy atom. The highest BCUT2D eigenvalue weighted by atomic mass is 16.5. The topological polar surface area (TPSA) is 47.6 Å². The second kappa shape index (κ2) is 6.42. The van der Waals surface area contributed by atoms with Crippen LogP contribution >= 0.6 is 0 Å². The van der Waals surface area contributed by atoms with Gasteiger partial charge in [0, 0.05) is 32.1 Å². The van der Waals surface area contributed by atoms with E-state index < -0.39 is 0 Å². The number of benzene rings is 2. The standard InChI is InChI=1S/C19H21NO3/c1-22-17-9-5-8-14(10-17)18(21)20-13-19(23-2)11-15-6-3-4-7-16(15)12-19/h3-10H,11-13H2,1-2H3,(H,20,21). The van der Waals surface area contributed by atoms with E-state index in [0.29, 0.717) is 17.9 Å². The molecular formula is C19H21NO3. The lowest BCUT2D eigenvalue weighted by atomic mass is 10.00. The Labute approximate surface area is 136 Å². The Morgan fingerprint density at radius 3 is 2.39 bits per heavy atom. The highest BCUT2D eigenvalue weighted by Crippen LogP contribution is 2.32. The summed E-state index contributed by atoms with van der Waals surface area (Å²) >= 11 is 0. The highest BCUT2D eigenvalue weighted by Gasteiger charge is 2.37. The van der Waals surface area contributed by atoms with Crippen molar-refractivity contribution in [2.24, 2.45) is 0 Å². The maximum Gasteiger partial charge on any atom is 0.251 e. The largest absolute Gasteiger partial charge is 0.497 e. The monoisotopic (exact) mass is 311 g/mol. The number of amides is 1. The van der Waals surface area contributed by atoms with Crippen LogP contribution in [0.4, 0.5) is 0 Å². The molecule has 4 heteroatoms. The predicted molar refractivity (Wildman–Crippen MR) is 88.9 cm³/mol. The molecule has 0 saturated heterocycles. The van der Waals surface area contributed by atoms with Crippen LogP contribution in [0.15, 0.2) is 48.5 Å². The summed E-state index contributed by atoms with van der Waals surface area (Å²) < 4.78 is 10.9. The predicted octanol–water partition coefficient (Wildman–Crippen LogP) is 2.61. The molecular weight excluding hydrogens is 290 g/mol. The molecule has 0 atom stereocenters. The van der Waals surface area contributed by atoms with Gasteiger partial charge >= 0.3 is 0 Å². The minimum atomic E-state index is -0.363. The summed E-state index contributed by atoms with van der Waals surface area (Å²) in [6, 6.07) is 15.5. The van der Waals surface area contributed by atoms with Gasteiger partial charge in [0.15, 0.2) is 0 Å². The first-order valence-electron chi connectivity index (χ1n) is 7.70. The molecule has 0 radical (unpaired) electrons. The molecule has 2 aromatic rings. The zero-order chi connectivity index (χ0) is 16.3. The summed E-state index contributed by atoms with van der Waals surface area (Å²) in [7, 11) is 3.30. The van der Waals surface area contributed by atoms with E-state index in [0.717, 1.165) is 12.8 Å². The third kappa shape index (κ3) is 3.22. The van der Waals surface area contributed by atoms with E-state index in [-0.39, 0.29) is 11.5 Å². The molecule has 0 aliphatic heterocycles. The first-order valence-corrected chi connectivity index (χ1v) is 7.70. The zero-order valence-electron chi connectivity index (χ0n) is 13.5. The maximum absolute atomic E-state index is 12.4. The maximum atomic E-state index is 12.4. The smallest absolute Gasteiger partial charge is 0.251 e. The molecule has 0 fully saturated rings. The Bertz CT molecular complexity index is 686. The van der Waals surface area contributed by atoms with Crippen molar-refractivity contribution >= 4 is 5.91 Å². The average molecular weight is 311 g/mol. The number of carbonyl (C=O) groups is 1. The average Bonchev–Trinajstić information content (AvgIpc) is 2.99. The Hall–Kier alpha value is -2.33. The summed E-state index contributed by atoms with van der Waals surface area (Å²) in [6.07, 6.45) is 1.64. The van der Waals surface area contributed by atoms with Crippen LogP contribution in [-0.2, 0) is 17.6 Å². The number of ether oxygens (including phenoxy) is 2. The lowest BCUT2D eigenvalue weighted by Gasteiger charge is -2.27. The van der Waals surface area contributed by atoms with Crippen molar-refractivity contribution in [2.45, 2.75) is 18.4 Å². The van der Waals surface area contributed by atoms with Crippen molar-refractivity contribution in [3.05, 3.63) is 65.2 Å². The number of carbonyl (C=O) groups excluding carboxylic acids is 1. The molecule has 2 aromatic carbocycles. The van der Waals surface area contributed by atoms with Gasteiger partial charge in [-0.15, -0.1) is 0 Å². The van der Waals surface area contributed by atoms with Crippen molar-refractivity contribution in [2.75, 3.05) is 20.8 Å². The van der Waals surface area contributed by atoms with Crippen molar-refractivity contribution in [1.82, 2.24) is 5.32 Å². The van der Waals surface area contributed by atoms with Crippen LogP contribution < -0.4 is 10.1 Å². The van der Waals surface area contributed by atoms with Gasteiger partial charge in [0.05, 0.1) is 12.7 Å². The Kier molecular flexibility index (Phi) is 4.35. The Morgan fingerprint density at radius 2 is 1.78 bits per heavy atom.